The lowest BCUT2D eigenvalue weighted by molar-refractivity contribution is 0.828. The number of allylic oxidation sites excluding steroid dienone is 2. The molecule has 1 unspecified atom stereocenters. The Hall–Kier alpha value is -1.34. The molecule has 0 radical (unpaired) electrons. The number of rotatable bonds is 1. The summed E-state index contributed by atoms with van der Waals surface area (Å²) in [7, 11) is 0. The first-order valence-corrected chi connectivity index (χ1v) is 4.55. The Morgan fingerprint density at radius 1 is 1.15 bits per heavy atom. The van der Waals surface area contributed by atoms with Gasteiger partial charge in [-0.3, -0.25) is 0 Å². The van der Waals surface area contributed by atoms with Crippen molar-refractivity contribution >= 4 is 5.57 Å². The van der Waals surface area contributed by atoms with Crippen molar-refractivity contribution in [1.29, 1.82) is 0 Å². The molecule has 1 atom stereocenters. The van der Waals surface area contributed by atoms with Gasteiger partial charge in [-0.25, -0.2) is 0 Å². The van der Waals surface area contributed by atoms with Gasteiger partial charge in [-0.2, -0.15) is 0 Å². The van der Waals surface area contributed by atoms with Crippen molar-refractivity contribution in [3.63, 3.8) is 0 Å². The Kier molecular flexibility index (Phi) is 2.28. The van der Waals surface area contributed by atoms with Crippen LogP contribution in [0.2, 0.25) is 0 Å². The first kappa shape index (κ1) is 8.27. The molecule has 1 aromatic carbocycles. The van der Waals surface area contributed by atoms with Crippen molar-refractivity contribution in [2.24, 2.45) is 5.73 Å². The first-order valence-electron chi connectivity index (χ1n) is 4.55. The molecule has 1 heteroatoms. The normalized spacial score (nSPS) is 21.3. The number of benzene rings is 1. The van der Waals surface area contributed by atoms with Gasteiger partial charge in [0, 0.05) is 6.04 Å². The van der Waals surface area contributed by atoms with Crippen LogP contribution in [0, 0.1) is 0 Å². The first-order chi connectivity index (χ1) is 6.36. The molecule has 0 fully saturated rings. The van der Waals surface area contributed by atoms with E-state index in [2.05, 4.69) is 42.5 Å². The standard InChI is InChI=1S/C12H13N/c13-12-8-6-11(7-9-12)10-4-2-1-3-5-10/h1-8,12H,9,13H2. The molecule has 0 aliphatic heterocycles. The monoisotopic (exact) mass is 171 g/mol. The second kappa shape index (κ2) is 3.58. The lowest BCUT2D eigenvalue weighted by Gasteiger charge is -2.11. The van der Waals surface area contributed by atoms with Crippen LogP contribution in [0.3, 0.4) is 0 Å². The molecule has 0 bridgehead atoms. The summed E-state index contributed by atoms with van der Waals surface area (Å²) in [4.78, 5) is 0. The van der Waals surface area contributed by atoms with Gasteiger partial charge in [0.25, 0.3) is 0 Å². The van der Waals surface area contributed by atoms with Gasteiger partial charge in [0.15, 0.2) is 0 Å². The van der Waals surface area contributed by atoms with E-state index in [0.717, 1.165) is 6.42 Å². The van der Waals surface area contributed by atoms with E-state index in [4.69, 9.17) is 5.73 Å². The third kappa shape index (κ3) is 1.87. The van der Waals surface area contributed by atoms with Gasteiger partial charge in [-0.15, -0.1) is 0 Å². The van der Waals surface area contributed by atoms with E-state index in [-0.39, 0.29) is 6.04 Å². The van der Waals surface area contributed by atoms with Crippen molar-refractivity contribution in [2.75, 3.05) is 0 Å². The fourth-order valence-electron chi connectivity index (χ4n) is 1.48. The minimum absolute atomic E-state index is 0.201. The van der Waals surface area contributed by atoms with Crippen molar-refractivity contribution in [3.8, 4) is 0 Å². The maximum atomic E-state index is 5.74. The third-order valence-corrected chi connectivity index (χ3v) is 2.24. The van der Waals surface area contributed by atoms with Crippen LogP contribution in [0.15, 0.2) is 48.6 Å². The summed E-state index contributed by atoms with van der Waals surface area (Å²) in [6.07, 6.45) is 7.30. The van der Waals surface area contributed by atoms with Crippen molar-refractivity contribution in [1.82, 2.24) is 0 Å². The summed E-state index contributed by atoms with van der Waals surface area (Å²) in [6, 6.07) is 10.6. The summed E-state index contributed by atoms with van der Waals surface area (Å²) >= 11 is 0. The molecule has 0 heterocycles. The van der Waals surface area contributed by atoms with Gasteiger partial charge < -0.3 is 5.73 Å². The molecule has 1 aliphatic rings. The molecule has 1 nitrogen and oxygen atoms in total. The molecule has 66 valence electrons. The SMILES string of the molecule is NC1C=CC(c2ccccc2)=CC1. The van der Waals surface area contributed by atoms with E-state index in [9.17, 15) is 0 Å². The lowest BCUT2D eigenvalue weighted by atomic mass is 9.98. The van der Waals surface area contributed by atoms with E-state index >= 15 is 0 Å². The van der Waals surface area contributed by atoms with Gasteiger partial charge in [-0.1, -0.05) is 48.6 Å². The van der Waals surface area contributed by atoms with Crippen LogP contribution in [-0.2, 0) is 0 Å². The van der Waals surface area contributed by atoms with Gasteiger partial charge in [0.2, 0.25) is 0 Å². The number of hydrogen-bond acceptors (Lipinski definition) is 1. The minimum Gasteiger partial charge on any atom is -0.324 e. The smallest absolute Gasteiger partial charge is 0.0262 e. The maximum absolute atomic E-state index is 5.74. The number of nitrogens with two attached hydrogens (primary N) is 1. The molecule has 0 saturated carbocycles. The fourth-order valence-corrected chi connectivity index (χ4v) is 1.48. The van der Waals surface area contributed by atoms with Crippen LogP contribution in [0.5, 0.6) is 0 Å². The largest absolute Gasteiger partial charge is 0.324 e. The molecule has 2 N–H and O–H groups in total. The summed E-state index contributed by atoms with van der Waals surface area (Å²) < 4.78 is 0. The van der Waals surface area contributed by atoms with Crippen LogP contribution in [0.4, 0.5) is 0 Å². The van der Waals surface area contributed by atoms with Gasteiger partial charge in [-0.05, 0) is 17.6 Å². The zero-order valence-electron chi connectivity index (χ0n) is 7.48. The van der Waals surface area contributed by atoms with E-state index in [1.807, 2.05) is 6.07 Å². The zero-order valence-corrected chi connectivity index (χ0v) is 7.48. The van der Waals surface area contributed by atoms with Crippen LogP contribution < -0.4 is 5.73 Å². The van der Waals surface area contributed by atoms with Crippen LogP contribution in [0.1, 0.15) is 12.0 Å². The summed E-state index contributed by atoms with van der Waals surface area (Å²) in [5.74, 6) is 0. The van der Waals surface area contributed by atoms with Crippen LogP contribution >= 0.6 is 0 Å². The molecule has 0 spiro atoms. The topological polar surface area (TPSA) is 26.0 Å². The molecule has 0 aromatic heterocycles. The van der Waals surface area contributed by atoms with Crippen LogP contribution in [0.25, 0.3) is 5.57 Å². The van der Waals surface area contributed by atoms with Crippen molar-refractivity contribution in [2.45, 2.75) is 12.5 Å². The maximum Gasteiger partial charge on any atom is 0.0262 e. The third-order valence-electron chi connectivity index (χ3n) is 2.24. The summed E-state index contributed by atoms with van der Waals surface area (Å²) in [5.41, 5.74) is 8.29. The Morgan fingerprint density at radius 3 is 2.54 bits per heavy atom. The average molecular weight is 171 g/mol. The highest BCUT2D eigenvalue weighted by atomic mass is 14.6. The van der Waals surface area contributed by atoms with E-state index in [1.165, 1.54) is 11.1 Å². The fraction of sp³-hybridized carbons (Fsp3) is 0.167. The van der Waals surface area contributed by atoms with Gasteiger partial charge in [0.05, 0.1) is 0 Å². The van der Waals surface area contributed by atoms with Crippen molar-refractivity contribution in [3.05, 3.63) is 54.1 Å². The van der Waals surface area contributed by atoms with Crippen molar-refractivity contribution < 1.29 is 0 Å². The minimum atomic E-state index is 0.201. The predicted octanol–water partition coefficient (Wildman–Crippen LogP) is 2.36. The van der Waals surface area contributed by atoms with E-state index in [0.29, 0.717) is 0 Å². The molecular formula is C12H13N. The molecule has 13 heavy (non-hydrogen) atoms. The Labute approximate surface area is 78.6 Å². The van der Waals surface area contributed by atoms with E-state index in [1.54, 1.807) is 0 Å². The van der Waals surface area contributed by atoms with Crippen LogP contribution in [-0.4, -0.2) is 6.04 Å². The highest BCUT2D eigenvalue weighted by molar-refractivity contribution is 5.74. The van der Waals surface area contributed by atoms with Gasteiger partial charge in [0.1, 0.15) is 0 Å². The lowest BCUT2D eigenvalue weighted by Crippen LogP contribution is -2.17. The number of hydrogen-bond donors (Lipinski definition) is 1. The second-order valence-corrected chi connectivity index (χ2v) is 3.28. The zero-order chi connectivity index (χ0) is 9.10. The molecule has 0 saturated heterocycles. The summed E-state index contributed by atoms with van der Waals surface area (Å²) in [5, 5.41) is 0. The Balaban J connectivity index is 2.25. The van der Waals surface area contributed by atoms with E-state index < -0.39 is 0 Å². The second-order valence-electron chi connectivity index (χ2n) is 3.28. The highest BCUT2D eigenvalue weighted by Gasteiger charge is 2.04. The average Bonchev–Trinajstić information content (AvgIpc) is 2.20. The molecule has 2 rings (SSSR count). The Morgan fingerprint density at radius 2 is 1.92 bits per heavy atom. The molecule has 0 amide bonds. The van der Waals surface area contributed by atoms with Gasteiger partial charge >= 0.3 is 0 Å². The molecule has 1 aliphatic carbocycles. The predicted molar refractivity (Wildman–Crippen MR) is 56.2 cm³/mol. The molecule has 1 aromatic rings. The summed E-state index contributed by atoms with van der Waals surface area (Å²) in [6.45, 7) is 0. The Bertz CT molecular complexity index is 335. The quantitative estimate of drug-likeness (QED) is 0.689. The molecular weight excluding hydrogens is 158 g/mol. The highest BCUT2D eigenvalue weighted by Crippen LogP contribution is 2.20.